The second-order valence-corrected chi connectivity index (χ2v) is 4.71. The van der Waals surface area contributed by atoms with Crippen molar-refractivity contribution in [1.82, 2.24) is 0 Å². The van der Waals surface area contributed by atoms with Gasteiger partial charge in [0.2, 0.25) is 0 Å². The number of aryl methyl sites for hydroxylation is 1. The Hall–Kier alpha value is -0.540. The number of fused-ring (bicyclic) bond motifs is 1. The third kappa shape index (κ3) is 1.36. The van der Waals surface area contributed by atoms with Crippen LogP contribution in [0.25, 0.3) is 0 Å². The first-order chi connectivity index (χ1) is 6.15. The van der Waals surface area contributed by atoms with Gasteiger partial charge in [-0.2, -0.15) is 0 Å². The normalized spacial score (nSPS) is 26.1. The van der Waals surface area contributed by atoms with Crippen LogP contribution in [-0.2, 0) is 11.2 Å². The number of hydrogen-bond donors (Lipinski definition) is 1. The molecule has 1 nitrogen and oxygen atoms in total. The lowest BCUT2D eigenvalue weighted by atomic mass is 10.0. The van der Waals surface area contributed by atoms with E-state index in [1.165, 1.54) is 6.07 Å². The molecule has 0 spiro atoms. The fraction of sp³-hybridized carbons (Fsp3) is 0.400. The van der Waals surface area contributed by atoms with Gasteiger partial charge in [0.15, 0.2) is 0 Å². The average molecular weight is 198 g/mol. The van der Waals surface area contributed by atoms with Gasteiger partial charge in [0.25, 0.3) is 0 Å². The van der Waals surface area contributed by atoms with Crippen LogP contribution in [0.3, 0.4) is 0 Å². The van der Waals surface area contributed by atoms with Gasteiger partial charge in [-0.05, 0) is 55.1 Å². The molecule has 1 N–H and O–H groups in total. The lowest BCUT2D eigenvalue weighted by Crippen LogP contribution is -2.11. The monoisotopic (exact) mass is 198 g/mol. The van der Waals surface area contributed by atoms with Gasteiger partial charge in [-0.25, -0.2) is 4.39 Å². The molecule has 3 heteroatoms. The Balaban J connectivity index is 2.49. The lowest BCUT2D eigenvalue weighted by molar-refractivity contribution is 0.589. The first-order valence-corrected chi connectivity index (χ1v) is 5.04. The smallest absolute Gasteiger partial charge is 0.123 e. The Bertz CT molecular complexity index is 340. The van der Waals surface area contributed by atoms with E-state index in [1.54, 1.807) is 12.1 Å². The van der Waals surface area contributed by atoms with Crippen molar-refractivity contribution in [2.75, 3.05) is 0 Å². The quantitative estimate of drug-likeness (QED) is 0.699. The number of halogens is 1. The molecule has 70 valence electrons. The Labute approximate surface area is 81.2 Å². The number of hydrogen-bond acceptors (Lipinski definition) is 2. The second kappa shape index (κ2) is 3.00. The van der Waals surface area contributed by atoms with Crippen molar-refractivity contribution in [3.8, 4) is 0 Å². The summed E-state index contributed by atoms with van der Waals surface area (Å²) in [6.07, 6.45) is 1.74. The van der Waals surface area contributed by atoms with Crippen LogP contribution in [0.1, 0.15) is 24.5 Å². The molecule has 1 unspecified atom stereocenters. The summed E-state index contributed by atoms with van der Waals surface area (Å²) in [5, 5.41) is 0. The van der Waals surface area contributed by atoms with E-state index < -0.39 is 0 Å². The van der Waals surface area contributed by atoms with E-state index in [9.17, 15) is 4.39 Å². The Morgan fingerprint density at radius 1 is 1.54 bits per heavy atom. The molecule has 0 aliphatic heterocycles. The van der Waals surface area contributed by atoms with Gasteiger partial charge in [-0.3, -0.25) is 0 Å². The zero-order valence-corrected chi connectivity index (χ0v) is 8.20. The molecule has 13 heavy (non-hydrogen) atoms. The maximum atomic E-state index is 12.8. The van der Waals surface area contributed by atoms with E-state index in [4.69, 9.17) is 4.55 Å². The highest BCUT2D eigenvalue weighted by atomic mass is 32.2. The molecule has 0 radical (unpaired) electrons. The first-order valence-electron chi connectivity index (χ1n) is 4.27. The van der Waals surface area contributed by atoms with E-state index >= 15 is 0 Å². The topological polar surface area (TPSA) is 20.2 Å². The second-order valence-electron chi connectivity index (χ2n) is 3.62. The summed E-state index contributed by atoms with van der Waals surface area (Å²) >= 11 is 0.861. The summed E-state index contributed by atoms with van der Waals surface area (Å²) < 4.78 is 21.8. The van der Waals surface area contributed by atoms with Gasteiger partial charge < -0.3 is 4.55 Å². The fourth-order valence-electron chi connectivity index (χ4n) is 1.89. The van der Waals surface area contributed by atoms with E-state index in [0.29, 0.717) is 0 Å². The van der Waals surface area contributed by atoms with Crippen molar-refractivity contribution in [1.29, 1.82) is 0 Å². The van der Waals surface area contributed by atoms with E-state index in [-0.39, 0.29) is 10.6 Å². The first kappa shape index (κ1) is 9.03. The van der Waals surface area contributed by atoms with Crippen molar-refractivity contribution in [2.24, 2.45) is 0 Å². The van der Waals surface area contributed by atoms with Crippen LogP contribution >= 0.6 is 12.0 Å². The van der Waals surface area contributed by atoms with Crippen LogP contribution in [0.2, 0.25) is 0 Å². The molecule has 0 heterocycles. The highest BCUT2D eigenvalue weighted by molar-refractivity contribution is 7.94. The average Bonchev–Trinajstić information content (AvgIpc) is 2.45. The summed E-state index contributed by atoms with van der Waals surface area (Å²) in [5.41, 5.74) is 2.10. The van der Waals surface area contributed by atoms with Gasteiger partial charge in [0.05, 0.1) is 4.75 Å². The van der Waals surface area contributed by atoms with Gasteiger partial charge >= 0.3 is 0 Å². The predicted octanol–water partition coefficient (Wildman–Crippen LogP) is 3.19. The molecular formula is C10H11FOS. The molecular weight excluding hydrogens is 187 g/mol. The van der Waals surface area contributed by atoms with Gasteiger partial charge in [0.1, 0.15) is 5.82 Å². The summed E-state index contributed by atoms with van der Waals surface area (Å²) in [6.45, 7) is 1.99. The minimum atomic E-state index is -0.233. The molecule has 0 bridgehead atoms. The molecule has 1 aromatic rings. The van der Waals surface area contributed by atoms with E-state index in [0.717, 1.165) is 36.0 Å². The van der Waals surface area contributed by atoms with Gasteiger partial charge in [0, 0.05) is 0 Å². The molecule has 1 aliphatic carbocycles. The molecule has 0 fully saturated rings. The standard InChI is InChI=1S/C10H11FOS/c1-10(13-12)5-4-7-6-8(11)2-3-9(7)10/h2-3,6,12H,4-5H2,1H3. The highest BCUT2D eigenvalue weighted by Crippen LogP contribution is 2.45. The third-order valence-corrected chi connectivity index (χ3v) is 3.54. The van der Waals surface area contributed by atoms with Crippen LogP contribution in [0, 0.1) is 5.82 Å². The predicted molar refractivity (Wildman–Crippen MR) is 52.3 cm³/mol. The van der Waals surface area contributed by atoms with Crippen molar-refractivity contribution >= 4 is 12.0 Å². The highest BCUT2D eigenvalue weighted by Gasteiger charge is 2.34. The van der Waals surface area contributed by atoms with Crippen LogP contribution < -0.4 is 0 Å². The van der Waals surface area contributed by atoms with Gasteiger partial charge in [-0.15, -0.1) is 0 Å². The van der Waals surface area contributed by atoms with Crippen LogP contribution in [0.5, 0.6) is 0 Å². The maximum Gasteiger partial charge on any atom is 0.123 e. The zero-order chi connectivity index (χ0) is 9.47. The zero-order valence-electron chi connectivity index (χ0n) is 7.38. The molecule has 0 saturated carbocycles. The lowest BCUT2D eigenvalue weighted by Gasteiger charge is -2.20. The molecule has 0 amide bonds. The Kier molecular flexibility index (Phi) is 2.08. The minimum Gasteiger partial charge on any atom is -0.329 e. The van der Waals surface area contributed by atoms with Crippen molar-refractivity contribution in [3.63, 3.8) is 0 Å². The van der Waals surface area contributed by atoms with E-state index in [2.05, 4.69) is 0 Å². The van der Waals surface area contributed by atoms with E-state index in [1.807, 2.05) is 6.92 Å². The molecule has 2 rings (SSSR count). The Morgan fingerprint density at radius 2 is 2.31 bits per heavy atom. The number of rotatable bonds is 1. The molecule has 1 aromatic carbocycles. The van der Waals surface area contributed by atoms with Gasteiger partial charge in [-0.1, -0.05) is 6.07 Å². The molecule has 0 saturated heterocycles. The van der Waals surface area contributed by atoms with Crippen molar-refractivity contribution in [2.45, 2.75) is 24.5 Å². The van der Waals surface area contributed by atoms with Crippen molar-refractivity contribution in [3.05, 3.63) is 35.1 Å². The summed E-state index contributed by atoms with van der Waals surface area (Å²) in [6, 6.07) is 4.80. The maximum absolute atomic E-state index is 12.8. The summed E-state index contributed by atoms with van der Waals surface area (Å²) in [7, 11) is 0. The van der Waals surface area contributed by atoms with Crippen LogP contribution in [0.4, 0.5) is 4.39 Å². The molecule has 1 aliphatic rings. The SMILES string of the molecule is CC1(SO)CCc2cc(F)ccc21. The van der Waals surface area contributed by atoms with Crippen molar-refractivity contribution < 1.29 is 8.94 Å². The summed E-state index contributed by atoms with van der Waals surface area (Å²) in [4.78, 5) is 0. The largest absolute Gasteiger partial charge is 0.329 e. The summed E-state index contributed by atoms with van der Waals surface area (Å²) in [5.74, 6) is -0.189. The fourth-order valence-corrected chi connectivity index (χ4v) is 2.38. The van der Waals surface area contributed by atoms with Crippen LogP contribution in [-0.4, -0.2) is 4.55 Å². The van der Waals surface area contributed by atoms with Crippen LogP contribution in [0.15, 0.2) is 18.2 Å². The number of benzene rings is 1. The Morgan fingerprint density at radius 3 is 3.00 bits per heavy atom. The molecule has 1 atom stereocenters. The third-order valence-electron chi connectivity index (χ3n) is 2.71. The molecule has 0 aromatic heterocycles. The minimum absolute atomic E-state index is 0.189.